The van der Waals surface area contributed by atoms with E-state index >= 15 is 0 Å². The Bertz CT molecular complexity index is 421. The monoisotopic (exact) mass is 345 g/mol. The quantitative estimate of drug-likeness (QED) is 0.321. The Morgan fingerprint density at radius 1 is 1.39 bits per heavy atom. The number of hydroxylamine groups is 1. The number of ketones is 1. The van der Waals surface area contributed by atoms with E-state index < -0.39 is 6.10 Å². The van der Waals surface area contributed by atoms with E-state index in [9.17, 15) is 9.90 Å². The van der Waals surface area contributed by atoms with E-state index in [1.807, 2.05) is 6.92 Å². The number of aliphatic hydroxyl groups is 1. The lowest BCUT2D eigenvalue weighted by Crippen LogP contribution is -2.37. The minimum Gasteiger partial charge on any atom is -0.388 e. The summed E-state index contributed by atoms with van der Waals surface area (Å²) in [6.45, 7) is 3.97. The molecule has 5 nitrogen and oxygen atoms in total. The number of aliphatic hydroxyl groups excluding tert-OH is 1. The lowest BCUT2D eigenvalue weighted by Gasteiger charge is -2.36. The molecule has 132 valence electrons. The molecule has 6 heteroatoms. The number of carbonyl (C=O) groups is 1. The molecule has 1 saturated heterocycles. The van der Waals surface area contributed by atoms with Crippen LogP contribution in [0.5, 0.6) is 0 Å². The molecule has 23 heavy (non-hydrogen) atoms. The van der Waals surface area contributed by atoms with Gasteiger partial charge in [0.2, 0.25) is 0 Å². The zero-order valence-corrected chi connectivity index (χ0v) is 14.6. The van der Waals surface area contributed by atoms with Gasteiger partial charge < -0.3 is 9.84 Å². The van der Waals surface area contributed by atoms with Gasteiger partial charge >= 0.3 is 0 Å². The van der Waals surface area contributed by atoms with Crippen molar-refractivity contribution in [3.05, 3.63) is 11.3 Å². The van der Waals surface area contributed by atoms with Gasteiger partial charge in [0.05, 0.1) is 12.7 Å². The van der Waals surface area contributed by atoms with Crippen molar-refractivity contribution in [3.63, 3.8) is 0 Å². The standard InChI is InChI=1S/C17H28ClNO4/c1-2-14(19-23-7-3-6-18)17-15(20)10-13(11-16(17)21)12-4-8-22-9-5-12/h12-13,15,19-20H,2-11H2,1H3/b17-14+/t13-,15?/m0/s1. The average molecular weight is 346 g/mol. The van der Waals surface area contributed by atoms with Crippen molar-refractivity contribution in [2.75, 3.05) is 25.7 Å². The fourth-order valence-corrected chi connectivity index (χ4v) is 3.63. The number of allylic oxidation sites excluding steroid dienone is 1. The Balaban J connectivity index is 1.99. The summed E-state index contributed by atoms with van der Waals surface area (Å²) in [5, 5.41) is 10.5. The third-order valence-electron chi connectivity index (χ3n) is 4.79. The molecular weight excluding hydrogens is 318 g/mol. The average Bonchev–Trinajstić information content (AvgIpc) is 2.57. The van der Waals surface area contributed by atoms with Crippen LogP contribution in [0.15, 0.2) is 11.3 Å². The van der Waals surface area contributed by atoms with Crippen molar-refractivity contribution < 1.29 is 19.5 Å². The van der Waals surface area contributed by atoms with Crippen LogP contribution >= 0.6 is 11.6 Å². The molecule has 2 aliphatic rings. The minimum atomic E-state index is -0.705. The smallest absolute Gasteiger partial charge is 0.163 e. The molecule has 2 N–H and O–H groups in total. The molecule has 0 spiro atoms. The number of alkyl halides is 1. The van der Waals surface area contributed by atoms with Crippen LogP contribution in [0.2, 0.25) is 0 Å². The fraction of sp³-hybridized carbons (Fsp3) is 0.824. The van der Waals surface area contributed by atoms with Gasteiger partial charge in [-0.25, -0.2) is 0 Å². The van der Waals surface area contributed by atoms with Gasteiger partial charge in [0, 0.05) is 36.8 Å². The molecule has 0 aromatic carbocycles. The van der Waals surface area contributed by atoms with Crippen molar-refractivity contribution >= 4 is 17.4 Å². The van der Waals surface area contributed by atoms with Gasteiger partial charge in [0.25, 0.3) is 0 Å². The lowest BCUT2D eigenvalue weighted by molar-refractivity contribution is -0.121. The highest BCUT2D eigenvalue weighted by atomic mass is 35.5. The molecule has 1 aliphatic carbocycles. The van der Waals surface area contributed by atoms with Crippen LogP contribution in [0.1, 0.15) is 45.4 Å². The van der Waals surface area contributed by atoms with Gasteiger partial charge in [-0.1, -0.05) is 6.92 Å². The Morgan fingerprint density at radius 3 is 2.74 bits per heavy atom. The van der Waals surface area contributed by atoms with E-state index in [4.69, 9.17) is 21.2 Å². The number of halogens is 1. The second-order valence-electron chi connectivity index (χ2n) is 6.33. The molecule has 0 aromatic rings. The van der Waals surface area contributed by atoms with Gasteiger partial charge in [-0.15, -0.1) is 11.6 Å². The highest BCUT2D eigenvalue weighted by molar-refractivity contribution is 6.17. The summed E-state index contributed by atoms with van der Waals surface area (Å²) in [7, 11) is 0. The van der Waals surface area contributed by atoms with Gasteiger partial charge in [0.15, 0.2) is 5.78 Å². The van der Waals surface area contributed by atoms with Crippen LogP contribution in [0, 0.1) is 11.8 Å². The maximum atomic E-state index is 12.6. The number of rotatable bonds is 7. The van der Waals surface area contributed by atoms with Crippen LogP contribution in [-0.2, 0) is 14.4 Å². The summed E-state index contributed by atoms with van der Waals surface area (Å²) >= 11 is 5.61. The second kappa shape index (κ2) is 9.62. The van der Waals surface area contributed by atoms with E-state index in [1.165, 1.54) is 0 Å². The molecule has 1 saturated carbocycles. The zero-order valence-electron chi connectivity index (χ0n) is 13.9. The van der Waals surface area contributed by atoms with Crippen molar-refractivity contribution in [1.29, 1.82) is 0 Å². The summed E-state index contributed by atoms with van der Waals surface area (Å²) in [5.74, 6) is 1.33. The van der Waals surface area contributed by atoms with Gasteiger partial charge in [0.1, 0.15) is 0 Å². The van der Waals surface area contributed by atoms with Crippen LogP contribution in [0.4, 0.5) is 0 Å². The van der Waals surface area contributed by atoms with Gasteiger partial charge in [-0.3, -0.25) is 15.1 Å². The van der Waals surface area contributed by atoms with Crippen LogP contribution < -0.4 is 5.48 Å². The third kappa shape index (κ3) is 5.18. The molecular formula is C17H28ClNO4. The summed E-state index contributed by atoms with van der Waals surface area (Å²) in [6, 6.07) is 0. The first-order valence-corrected chi connectivity index (χ1v) is 9.16. The Kier molecular flexibility index (Phi) is 7.83. The molecule has 1 aliphatic heterocycles. The van der Waals surface area contributed by atoms with E-state index in [-0.39, 0.29) is 11.7 Å². The lowest BCUT2D eigenvalue weighted by atomic mass is 9.73. The zero-order chi connectivity index (χ0) is 16.7. The molecule has 2 fully saturated rings. The van der Waals surface area contributed by atoms with Crippen molar-refractivity contribution in [3.8, 4) is 0 Å². The molecule has 1 unspecified atom stereocenters. The number of ether oxygens (including phenoxy) is 1. The van der Waals surface area contributed by atoms with Gasteiger partial charge in [-0.2, -0.15) is 0 Å². The van der Waals surface area contributed by atoms with E-state index in [0.717, 1.165) is 32.5 Å². The maximum absolute atomic E-state index is 12.6. The molecule has 0 aromatic heterocycles. The largest absolute Gasteiger partial charge is 0.388 e. The van der Waals surface area contributed by atoms with E-state index in [0.29, 0.717) is 48.9 Å². The van der Waals surface area contributed by atoms with Crippen LogP contribution in [0.25, 0.3) is 0 Å². The first-order valence-electron chi connectivity index (χ1n) is 8.63. The Hall–Kier alpha value is -0.620. The number of nitrogens with one attached hydrogen (secondary N) is 1. The first-order chi connectivity index (χ1) is 11.2. The molecule has 0 amide bonds. The fourth-order valence-electron chi connectivity index (χ4n) is 3.52. The summed E-state index contributed by atoms with van der Waals surface area (Å²) in [6.07, 6.45) is 3.81. The Morgan fingerprint density at radius 2 is 2.13 bits per heavy atom. The first kappa shape index (κ1) is 18.7. The summed E-state index contributed by atoms with van der Waals surface area (Å²) in [4.78, 5) is 17.9. The van der Waals surface area contributed by atoms with Crippen LogP contribution in [-0.4, -0.2) is 42.7 Å². The number of hydrogen-bond donors (Lipinski definition) is 2. The normalized spacial score (nSPS) is 28.7. The van der Waals surface area contributed by atoms with E-state index in [1.54, 1.807) is 0 Å². The number of Topliss-reactive ketones (excluding diaryl/α,β-unsaturated/α-hetero) is 1. The van der Waals surface area contributed by atoms with Crippen LogP contribution in [0.3, 0.4) is 0 Å². The van der Waals surface area contributed by atoms with Crippen molar-refractivity contribution in [1.82, 2.24) is 5.48 Å². The van der Waals surface area contributed by atoms with E-state index in [2.05, 4.69) is 5.48 Å². The highest BCUT2D eigenvalue weighted by Gasteiger charge is 2.37. The highest BCUT2D eigenvalue weighted by Crippen LogP contribution is 2.36. The predicted octanol–water partition coefficient (Wildman–Crippen LogP) is 2.57. The third-order valence-corrected chi connectivity index (χ3v) is 5.06. The SMILES string of the molecule is CC/C(NOCCCCl)=C1\C(=O)C[C@@H](C2CCOCC2)CC1O. The molecule has 2 atom stereocenters. The van der Waals surface area contributed by atoms with Crippen molar-refractivity contribution in [2.45, 2.75) is 51.6 Å². The molecule has 1 heterocycles. The Labute approximate surface area is 143 Å². The number of hydrogen-bond acceptors (Lipinski definition) is 5. The second-order valence-corrected chi connectivity index (χ2v) is 6.71. The predicted molar refractivity (Wildman–Crippen MR) is 89.0 cm³/mol. The molecule has 0 radical (unpaired) electrons. The summed E-state index contributed by atoms with van der Waals surface area (Å²) in [5.41, 5.74) is 4.05. The minimum absolute atomic E-state index is 0.0468. The topological polar surface area (TPSA) is 67.8 Å². The summed E-state index contributed by atoms with van der Waals surface area (Å²) < 4.78 is 5.39. The van der Waals surface area contributed by atoms with Crippen molar-refractivity contribution in [2.24, 2.45) is 11.8 Å². The molecule has 0 bridgehead atoms. The number of carbonyl (C=O) groups excluding carboxylic acids is 1. The van der Waals surface area contributed by atoms with Gasteiger partial charge in [-0.05, 0) is 43.9 Å². The molecule has 2 rings (SSSR count). The maximum Gasteiger partial charge on any atom is 0.163 e.